The van der Waals surface area contributed by atoms with Crippen LogP contribution < -0.4 is 0 Å². The van der Waals surface area contributed by atoms with Crippen LogP contribution in [0.1, 0.15) is 23.0 Å². The maximum Gasteiger partial charge on any atom is 0.162 e. The van der Waals surface area contributed by atoms with Crippen LogP contribution in [0.15, 0.2) is 30.7 Å². The number of hydrogen-bond donors (Lipinski definition) is 0. The molecule has 3 nitrogen and oxygen atoms in total. The van der Waals surface area contributed by atoms with Crippen LogP contribution in [0.3, 0.4) is 0 Å². The Morgan fingerprint density at radius 1 is 1.44 bits per heavy atom. The minimum Gasteiger partial charge on any atom is -0.305 e. The summed E-state index contributed by atoms with van der Waals surface area (Å²) >= 11 is 0. The number of rotatable bonds is 2. The number of imidazole rings is 1. The van der Waals surface area contributed by atoms with E-state index in [4.69, 9.17) is 0 Å². The molecule has 0 fully saturated rings. The van der Waals surface area contributed by atoms with Crippen molar-refractivity contribution in [2.24, 2.45) is 0 Å². The van der Waals surface area contributed by atoms with E-state index in [0.717, 1.165) is 5.69 Å². The highest BCUT2D eigenvalue weighted by Gasteiger charge is 2.10. The Bertz CT molecular complexity index is 546. The molecule has 0 unspecified atom stereocenters. The number of carbonyl (C=O) groups excluding carboxylic acids is 1. The molecular weight excluding hydrogens is 207 g/mol. The summed E-state index contributed by atoms with van der Waals surface area (Å²) in [6.07, 6.45) is 3.40. The fourth-order valence-electron chi connectivity index (χ4n) is 1.57. The van der Waals surface area contributed by atoms with Gasteiger partial charge in [-0.05, 0) is 32.0 Å². The summed E-state index contributed by atoms with van der Waals surface area (Å²) in [6, 6.07) is 4.15. The highest BCUT2D eigenvalue weighted by Crippen LogP contribution is 2.17. The van der Waals surface area contributed by atoms with Gasteiger partial charge in [0.1, 0.15) is 5.82 Å². The summed E-state index contributed by atoms with van der Waals surface area (Å²) in [6.45, 7) is 3.27. The van der Waals surface area contributed by atoms with Gasteiger partial charge in [0.2, 0.25) is 0 Å². The van der Waals surface area contributed by atoms with Crippen molar-refractivity contribution < 1.29 is 9.18 Å². The zero-order valence-electron chi connectivity index (χ0n) is 9.07. The van der Waals surface area contributed by atoms with Crippen molar-refractivity contribution in [2.45, 2.75) is 13.8 Å². The van der Waals surface area contributed by atoms with Gasteiger partial charge in [-0.2, -0.15) is 0 Å². The zero-order valence-corrected chi connectivity index (χ0v) is 9.07. The van der Waals surface area contributed by atoms with Crippen molar-refractivity contribution in [1.82, 2.24) is 9.55 Å². The van der Waals surface area contributed by atoms with Crippen molar-refractivity contribution in [1.29, 1.82) is 0 Å². The molecule has 0 aliphatic rings. The van der Waals surface area contributed by atoms with Gasteiger partial charge in [0.15, 0.2) is 5.78 Å². The Kier molecular flexibility index (Phi) is 2.56. The predicted octanol–water partition coefficient (Wildman–Crippen LogP) is 2.52. The highest BCUT2D eigenvalue weighted by atomic mass is 19.1. The fourth-order valence-corrected chi connectivity index (χ4v) is 1.57. The van der Waals surface area contributed by atoms with E-state index in [1.165, 1.54) is 19.1 Å². The summed E-state index contributed by atoms with van der Waals surface area (Å²) in [5, 5.41) is 0. The van der Waals surface area contributed by atoms with Crippen LogP contribution in [0.5, 0.6) is 0 Å². The first-order chi connectivity index (χ1) is 7.58. The molecule has 0 bridgehead atoms. The lowest BCUT2D eigenvalue weighted by atomic mass is 10.1. The third-order valence-corrected chi connectivity index (χ3v) is 2.33. The Balaban J connectivity index is 2.60. The summed E-state index contributed by atoms with van der Waals surface area (Å²) in [7, 11) is 0. The number of aromatic nitrogens is 2. The average molecular weight is 218 g/mol. The molecule has 0 aliphatic heterocycles. The number of ketones is 1. The molecule has 0 radical (unpaired) electrons. The van der Waals surface area contributed by atoms with Gasteiger partial charge >= 0.3 is 0 Å². The minimum atomic E-state index is -0.411. The maximum atomic E-state index is 13.1. The number of aryl methyl sites for hydroxylation is 1. The maximum absolute atomic E-state index is 13.1. The standard InChI is InChI=1S/C12H11FN2O/c1-8-6-15(7-14-8)12-4-3-10(13)5-11(12)9(2)16/h3-7H,1-2H3. The molecule has 1 aromatic carbocycles. The first-order valence-corrected chi connectivity index (χ1v) is 4.89. The molecule has 0 spiro atoms. The third-order valence-electron chi connectivity index (χ3n) is 2.33. The van der Waals surface area contributed by atoms with Gasteiger partial charge in [0.05, 0.1) is 17.7 Å². The van der Waals surface area contributed by atoms with Crippen molar-refractivity contribution in [3.05, 3.63) is 47.8 Å². The van der Waals surface area contributed by atoms with Crippen LogP contribution in [0.2, 0.25) is 0 Å². The lowest BCUT2D eigenvalue weighted by Gasteiger charge is -2.07. The van der Waals surface area contributed by atoms with E-state index in [1.54, 1.807) is 23.2 Å². The Labute approximate surface area is 92.5 Å². The van der Waals surface area contributed by atoms with Gasteiger partial charge in [-0.1, -0.05) is 0 Å². The minimum absolute atomic E-state index is 0.166. The summed E-state index contributed by atoms with van der Waals surface area (Å²) < 4.78 is 14.8. The summed E-state index contributed by atoms with van der Waals surface area (Å²) in [5.41, 5.74) is 1.85. The molecule has 2 aromatic rings. The summed E-state index contributed by atoms with van der Waals surface area (Å²) in [5.74, 6) is -0.577. The number of carbonyl (C=O) groups is 1. The molecule has 0 amide bonds. The fraction of sp³-hybridized carbons (Fsp3) is 0.167. The van der Waals surface area contributed by atoms with Gasteiger partial charge in [-0.15, -0.1) is 0 Å². The lowest BCUT2D eigenvalue weighted by molar-refractivity contribution is 0.101. The van der Waals surface area contributed by atoms with E-state index >= 15 is 0 Å². The highest BCUT2D eigenvalue weighted by molar-refractivity contribution is 5.97. The second-order valence-corrected chi connectivity index (χ2v) is 3.64. The van der Waals surface area contributed by atoms with Crippen LogP contribution >= 0.6 is 0 Å². The van der Waals surface area contributed by atoms with Crippen molar-refractivity contribution in [3.63, 3.8) is 0 Å². The molecule has 0 aliphatic carbocycles. The van der Waals surface area contributed by atoms with E-state index in [2.05, 4.69) is 4.98 Å². The van der Waals surface area contributed by atoms with E-state index in [9.17, 15) is 9.18 Å². The SMILES string of the molecule is CC(=O)c1cc(F)ccc1-n1cnc(C)c1. The topological polar surface area (TPSA) is 34.9 Å². The van der Waals surface area contributed by atoms with Gasteiger partial charge in [0.25, 0.3) is 0 Å². The normalized spacial score (nSPS) is 10.4. The second kappa shape index (κ2) is 3.89. The molecule has 0 N–H and O–H groups in total. The predicted molar refractivity (Wildman–Crippen MR) is 58.3 cm³/mol. The second-order valence-electron chi connectivity index (χ2n) is 3.64. The molecule has 82 valence electrons. The van der Waals surface area contributed by atoms with Crippen LogP contribution in [0.25, 0.3) is 5.69 Å². The third kappa shape index (κ3) is 1.86. The lowest BCUT2D eigenvalue weighted by Crippen LogP contribution is -2.02. The van der Waals surface area contributed by atoms with E-state index < -0.39 is 5.82 Å². The largest absolute Gasteiger partial charge is 0.305 e. The molecule has 0 atom stereocenters. The van der Waals surface area contributed by atoms with Gasteiger partial charge in [0, 0.05) is 11.8 Å². The molecule has 16 heavy (non-hydrogen) atoms. The Hall–Kier alpha value is -1.97. The van der Waals surface area contributed by atoms with Crippen molar-refractivity contribution >= 4 is 5.78 Å². The molecular formula is C12H11FN2O. The van der Waals surface area contributed by atoms with E-state index in [1.807, 2.05) is 6.92 Å². The average Bonchev–Trinajstić information content (AvgIpc) is 2.64. The zero-order chi connectivity index (χ0) is 11.7. The number of nitrogens with zero attached hydrogens (tertiary/aromatic N) is 2. The molecule has 1 heterocycles. The summed E-state index contributed by atoms with van der Waals surface area (Å²) in [4.78, 5) is 15.5. The van der Waals surface area contributed by atoms with E-state index in [-0.39, 0.29) is 5.78 Å². The van der Waals surface area contributed by atoms with Crippen molar-refractivity contribution in [2.75, 3.05) is 0 Å². The van der Waals surface area contributed by atoms with Crippen LogP contribution in [-0.4, -0.2) is 15.3 Å². The number of halogens is 1. The molecule has 1 aromatic heterocycles. The van der Waals surface area contributed by atoms with Crippen molar-refractivity contribution in [3.8, 4) is 5.69 Å². The van der Waals surface area contributed by atoms with Crippen LogP contribution in [0, 0.1) is 12.7 Å². The first-order valence-electron chi connectivity index (χ1n) is 4.89. The molecule has 4 heteroatoms. The van der Waals surface area contributed by atoms with Gasteiger partial charge in [-0.3, -0.25) is 4.79 Å². The Morgan fingerprint density at radius 2 is 2.19 bits per heavy atom. The first kappa shape index (κ1) is 10.5. The monoisotopic (exact) mass is 218 g/mol. The molecule has 0 saturated carbocycles. The number of hydrogen-bond acceptors (Lipinski definition) is 2. The van der Waals surface area contributed by atoms with E-state index in [0.29, 0.717) is 11.3 Å². The molecule has 0 saturated heterocycles. The van der Waals surface area contributed by atoms with Gasteiger partial charge < -0.3 is 4.57 Å². The van der Waals surface area contributed by atoms with Gasteiger partial charge in [-0.25, -0.2) is 9.37 Å². The number of benzene rings is 1. The smallest absolute Gasteiger partial charge is 0.162 e. The van der Waals surface area contributed by atoms with Crippen LogP contribution in [0.4, 0.5) is 4.39 Å². The molecule has 2 rings (SSSR count). The number of Topliss-reactive ketones (excluding diaryl/α,β-unsaturated/α-hetero) is 1. The van der Waals surface area contributed by atoms with Crippen LogP contribution in [-0.2, 0) is 0 Å². The quantitative estimate of drug-likeness (QED) is 0.726. The Morgan fingerprint density at radius 3 is 2.75 bits per heavy atom.